The number of hydrogen-bond acceptors (Lipinski definition) is 18. The van der Waals surface area contributed by atoms with E-state index in [1.807, 2.05) is 217 Å². The Morgan fingerprint density at radius 3 is 0.951 bits per heavy atom. The van der Waals surface area contributed by atoms with Gasteiger partial charge in [0.2, 0.25) is 23.6 Å². The molecule has 4 heterocycles. The number of unbranched alkanes of at least 4 members (excludes halogenated alkanes) is 4. The van der Waals surface area contributed by atoms with Gasteiger partial charge in [0.05, 0.1) is 107 Å². The molecule has 0 bridgehead atoms. The van der Waals surface area contributed by atoms with Gasteiger partial charge in [-0.3, -0.25) is 58.3 Å². The maximum absolute atomic E-state index is 13.2. The van der Waals surface area contributed by atoms with E-state index >= 15 is 0 Å². The van der Waals surface area contributed by atoms with Gasteiger partial charge in [0, 0.05) is 137 Å². The lowest BCUT2D eigenvalue weighted by molar-refractivity contribution is -0.121. The Morgan fingerprint density at radius 1 is 0.350 bits per heavy atom. The van der Waals surface area contributed by atoms with Crippen LogP contribution in [0.3, 0.4) is 0 Å². The summed E-state index contributed by atoms with van der Waals surface area (Å²) < 4.78 is 11.1. The molecule has 0 atom stereocenters. The molecule has 0 unspecified atom stereocenters. The lowest BCUT2D eigenvalue weighted by Crippen LogP contribution is -2.40. The molecule has 0 aliphatic rings. The minimum absolute atomic E-state index is 0. The maximum atomic E-state index is 13.2. The van der Waals surface area contributed by atoms with E-state index in [0.717, 1.165) is 140 Å². The third-order valence-corrected chi connectivity index (χ3v) is 19.8. The topological polar surface area (TPSA) is 315 Å². The van der Waals surface area contributed by atoms with E-state index in [1.54, 1.807) is 39.0 Å². The smallest absolute Gasteiger partial charge is 0.255 e. The molecular weight excluding hydrogens is 1540 g/mol. The van der Waals surface area contributed by atoms with Gasteiger partial charge in [-0.1, -0.05) is 160 Å². The number of pyridine rings is 4. The number of nitrogens with zero attached hydrogens (tertiary/aromatic N) is 4. The highest BCUT2D eigenvalue weighted by Crippen LogP contribution is 2.38. The van der Waals surface area contributed by atoms with Crippen molar-refractivity contribution < 1.29 is 47.8 Å². The van der Waals surface area contributed by atoms with Crippen LogP contribution in [0.15, 0.2) is 207 Å². The standard InChI is InChI=1S/C27H34N4O3.C25H29N3O3.C24H27N3O2.C23H25N3O2.CH4/c1-6-7-13-28-24(32)15-18-14-20-22(16-23(18)34-5)29-17-21(26(33)31-27(2,3)4)25(20)30-19-11-9-8-10-12-19;1-4-6-12-26-24(30)14-17-13-19-21(15-23(17)31-3)27-16-20(22(29)5-2)25(19)28-18-10-8-7-9-11-18;1-3-5-13-25-23(29)15-17-11-12-21-19(14-17)24(20(16-26-21)22(28)4-2)27-18-9-7-6-8-10-18;1-3-4-12-24-22(28)14-17-10-11-21-19(13-17)23(20(15-25-21)16(2)27)26-18-8-6-5-7-9-18;/h8-12,14,16-17H,6-7,13,15H2,1-5H3,(H,28,32)(H,29,30)(H,31,33);7-11,13,15-16H,4-6,12,14H2,1-3H3,(H,26,30)(H,27,28);6-12,14,16H,3-5,13,15H2,1-2H3,(H,25,29)(H,26,27);5-11,13,15H,3-4,12,14H2,1-2H3,(H,24,28)(H,25,26);1H4. The fraction of sp³-hybridized carbons (Fsp3) is 0.320. The van der Waals surface area contributed by atoms with Crippen LogP contribution in [-0.2, 0) is 44.9 Å². The fourth-order valence-corrected chi connectivity index (χ4v) is 13.3. The molecule has 4 aromatic heterocycles. The Kier molecular flexibility index (Phi) is 37.2. The van der Waals surface area contributed by atoms with Crippen LogP contribution in [0.5, 0.6) is 11.5 Å². The molecule has 8 aromatic carbocycles. The number of ketones is 3. The monoisotopic (exact) mass is 1660 g/mol. The molecule has 0 aliphatic carbocycles. The quantitative estimate of drug-likeness (QED) is 0.0130. The number of para-hydroxylation sites is 4. The minimum Gasteiger partial charge on any atom is -0.496 e. The van der Waals surface area contributed by atoms with Crippen molar-refractivity contribution in [1.82, 2.24) is 46.5 Å². The van der Waals surface area contributed by atoms with Crippen LogP contribution in [0.4, 0.5) is 45.5 Å². The molecule has 23 heteroatoms. The van der Waals surface area contributed by atoms with Gasteiger partial charge in [0.25, 0.3) is 5.91 Å². The Morgan fingerprint density at radius 2 is 0.642 bits per heavy atom. The first kappa shape index (κ1) is 95.0. The number of nitrogens with one attached hydrogen (secondary N) is 9. The summed E-state index contributed by atoms with van der Waals surface area (Å²) in [5.74, 6) is 0.809. The predicted octanol–water partition coefficient (Wildman–Crippen LogP) is 20.3. The molecule has 23 nitrogen and oxygen atoms in total. The largest absolute Gasteiger partial charge is 0.496 e. The van der Waals surface area contributed by atoms with Gasteiger partial charge in [0.15, 0.2) is 17.3 Å². The summed E-state index contributed by atoms with van der Waals surface area (Å²) in [6.45, 7) is 22.1. The summed E-state index contributed by atoms with van der Waals surface area (Å²) in [6.07, 6.45) is 16.1. The number of carbonyl (C=O) groups excluding carboxylic acids is 8. The molecule has 0 aliphatic heterocycles. The van der Waals surface area contributed by atoms with Crippen LogP contribution in [0.2, 0.25) is 0 Å². The molecule has 12 aromatic rings. The lowest BCUT2D eigenvalue weighted by Gasteiger charge is -2.22. The zero-order valence-corrected chi connectivity index (χ0v) is 72.2. The van der Waals surface area contributed by atoms with E-state index in [-0.39, 0.29) is 67.2 Å². The third kappa shape index (κ3) is 28.1. The second kappa shape index (κ2) is 48.1. The first-order chi connectivity index (χ1) is 59.0. The second-order valence-corrected chi connectivity index (χ2v) is 30.6. The number of fused-ring (bicyclic) bond motifs is 4. The number of Topliss-reactive ketones (excluding diaryl/α,β-unsaturated/α-hetero) is 3. The Hall–Kier alpha value is -13.4. The highest BCUT2D eigenvalue weighted by Gasteiger charge is 2.25. The van der Waals surface area contributed by atoms with Gasteiger partial charge < -0.3 is 57.3 Å². The van der Waals surface area contributed by atoms with Gasteiger partial charge >= 0.3 is 0 Å². The van der Waals surface area contributed by atoms with Crippen molar-refractivity contribution in [2.75, 3.05) is 61.7 Å². The first-order valence-corrected chi connectivity index (χ1v) is 42.1. The molecule has 0 radical (unpaired) electrons. The van der Waals surface area contributed by atoms with Crippen molar-refractivity contribution in [3.63, 3.8) is 0 Å². The lowest BCUT2D eigenvalue weighted by atomic mass is 10.0. The Balaban J connectivity index is 0.000000203. The highest BCUT2D eigenvalue weighted by molar-refractivity contribution is 6.12. The van der Waals surface area contributed by atoms with E-state index < -0.39 is 5.54 Å². The van der Waals surface area contributed by atoms with Crippen LogP contribution < -0.4 is 57.3 Å². The zero-order valence-electron chi connectivity index (χ0n) is 72.2. The fourth-order valence-electron chi connectivity index (χ4n) is 13.3. The van der Waals surface area contributed by atoms with Crippen LogP contribution in [-0.4, -0.2) is 113 Å². The number of ether oxygens (including phenoxy) is 2. The minimum atomic E-state index is -0.405. The average Bonchev–Trinajstić information content (AvgIpc) is 0.786. The zero-order chi connectivity index (χ0) is 87.5. The molecule has 0 spiro atoms. The van der Waals surface area contributed by atoms with Crippen molar-refractivity contribution in [3.05, 3.63) is 251 Å². The summed E-state index contributed by atoms with van der Waals surface area (Å²) in [5, 5.41) is 31.5. The molecule has 0 fully saturated rings. The van der Waals surface area contributed by atoms with E-state index in [1.165, 1.54) is 6.92 Å². The van der Waals surface area contributed by atoms with Gasteiger partial charge in [-0.25, -0.2) is 0 Å². The number of anilines is 8. The summed E-state index contributed by atoms with van der Waals surface area (Å²) in [4.78, 5) is 118. The normalized spacial score (nSPS) is 10.7. The van der Waals surface area contributed by atoms with E-state index in [9.17, 15) is 38.4 Å². The Labute approximate surface area is 723 Å². The molecule has 0 saturated carbocycles. The van der Waals surface area contributed by atoms with Crippen LogP contribution >= 0.6 is 0 Å². The van der Waals surface area contributed by atoms with Crippen LogP contribution in [0.25, 0.3) is 43.6 Å². The second-order valence-electron chi connectivity index (χ2n) is 30.6. The summed E-state index contributed by atoms with van der Waals surface area (Å²) in [5.41, 5.74) is 14.1. The molecule has 9 N–H and O–H groups in total. The Bertz CT molecular complexity index is 5570. The number of amides is 5. The summed E-state index contributed by atoms with van der Waals surface area (Å²) in [6, 6.07) is 57.7. The van der Waals surface area contributed by atoms with Crippen LogP contribution in [0, 0.1) is 0 Å². The maximum Gasteiger partial charge on any atom is 0.255 e. The average molecular weight is 1660 g/mol. The molecular formula is C100H119N13O10. The molecule has 0 saturated heterocycles. The SMILES string of the molecule is C.CCCCNC(=O)Cc1cc2c(Nc3ccccc3)c(C(=O)CC)cnc2cc1OC.CCCCNC(=O)Cc1cc2c(Nc3ccccc3)c(C(=O)NC(C)(C)C)cnc2cc1OC.CCCCNC(=O)Cc1ccc2ncc(C(=O)CC)c(Nc3ccccc3)c2c1.CCCCNC(=O)Cc1ccc2ncc(C(C)=O)c(Nc3ccccc3)c2c1. The van der Waals surface area contributed by atoms with Crippen LogP contribution in [0.1, 0.15) is 205 Å². The number of carbonyl (C=O) groups is 8. The summed E-state index contributed by atoms with van der Waals surface area (Å²) in [7, 11) is 3.16. The number of methoxy groups -OCH3 is 2. The highest BCUT2D eigenvalue weighted by atomic mass is 16.5. The predicted molar refractivity (Wildman–Crippen MR) is 499 cm³/mol. The first-order valence-electron chi connectivity index (χ1n) is 42.1. The van der Waals surface area contributed by atoms with Crippen molar-refractivity contribution in [1.29, 1.82) is 0 Å². The van der Waals surface area contributed by atoms with E-state index in [4.69, 9.17) is 9.47 Å². The molecule has 5 amide bonds. The molecule has 123 heavy (non-hydrogen) atoms. The van der Waals surface area contributed by atoms with Crippen molar-refractivity contribution >= 4 is 136 Å². The molecule has 644 valence electrons. The van der Waals surface area contributed by atoms with Crippen molar-refractivity contribution in [2.24, 2.45) is 0 Å². The van der Waals surface area contributed by atoms with Gasteiger partial charge in [-0.05, 0) is 149 Å². The molecule has 12 rings (SSSR count). The number of rotatable bonds is 36. The van der Waals surface area contributed by atoms with Crippen molar-refractivity contribution in [3.8, 4) is 11.5 Å². The van der Waals surface area contributed by atoms with E-state index in [0.29, 0.717) is 108 Å². The van der Waals surface area contributed by atoms with Crippen molar-refractivity contribution in [2.45, 2.75) is 172 Å². The number of hydrogen-bond donors (Lipinski definition) is 9. The van der Waals surface area contributed by atoms with Gasteiger partial charge in [0.1, 0.15) is 11.5 Å². The van der Waals surface area contributed by atoms with Gasteiger partial charge in [-0.15, -0.1) is 0 Å². The third-order valence-electron chi connectivity index (χ3n) is 19.8. The number of aromatic nitrogens is 4. The van der Waals surface area contributed by atoms with Gasteiger partial charge in [-0.2, -0.15) is 0 Å². The number of benzene rings is 8. The summed E-state index contributed by atoms with van der Waals surface area (Å²) >= 11 is 0. The van der Waals surface area contributed by atoms with E-state index in [2.05, 4.69) is 95.5 Å².